The fraction of sp³-hybridized carbons (Fsp3) is 0.0526. The van der Waals surface area contributed by atoms with Crippen LogP contribution >= 0.6 is 8.58 Å². The van der Waals surface area contributed by atoms with Crippen LogP contribution in [0.15, 0.2) is 72.8 Å². The van der Waals surface area contributed by atoms with Gasteiger partial charge in [0.05, 0.1) is 0 Å². The largest absolute Gasteiger partial charge is 0.508 e. The van der Waals surface area contributed by atoms with E-state index in [-0.39, 0.29) is 0 Å². The van der Waals surface area contributed by atoms with Crippen LogP contribution in [-0.2, 0) is 6.16 Å². The average molecular weight is 308 g/mol. The van der Waals surface area contributed by atoms with E-state index in [0.29, 0.717) is 20.1 Å². The van der Waals surface area contributed by atoms with E-state index in [0.717, 1.165) is 17.3 Å². The SMILES string of the molecule is Oc1ccc(CPc2ccccc2-c2ccccc2O)cc1. The molecule has 0 saturated heterocycles. The maximum Gasteiger partial charge on any atom is 0.123 e. The fourth-order valence-corrected chi connectivity index (χ4v) is 3.64. The summed E-state index contributed by atoms with van der Waals surface area (Å²) in [7, 11) is 0.607. The molecule has 0 aromatic heterocycles. The van der Waals surface area contributed by atoms with Gasteiger partial charge in [0, 0.05) is 5.56 Å². The molecule has 1 atom stereocenters. The topological polar surface area (TPSA) is 40.5 Å². The van der Waals surface area contributed by atoms with Gasteiger partial charge in [0.15, 0.2) is 0 Å². The van der Waals surface area contributed by atoms with E-state index in [2.05, 4.69) is 6.07 Å². The monoisotopic (exact) mass is 308 g/mol. The highest BCUT2D eigenvalue weighted by molar-refractivity contribution is 7.46. The predicted octanol–water partition coefficient (Wildman–Crippen LogP) is 4.27. The van der Waals surface area contributed by atoms with Crippen molar-refractivity contribution >= 4 is 13.9 Å². The van der Waals surface area contributed by atoms with E-state index in [9.17, 15) is 10.2 Å². The molecular weight excluding hydrogens is 291 g/mol. The first-order valence-corrected chi connectivity index (χ1v) is 8.34. The van der Waals surface area contributed by atoms with Gasteiger partial charge >= 0.3 is 0 Å². The van der Waals surface area contributed by atoms with E-state index in [1.54, 1.807) is 18.2 Å². The van der Waals surface area contributed by atoms with Crippen molar-refractivity contribution < 1.29 is 10.2 Å². The molecule has 0 amide bonds. The zero-order valence-electron chi connectivity index (χ0n) is 12.0. The number of rotatable bonds is 4. The molecule has 0 aliphatic rings. The molecule has 110 valence electrons. The van der Waals surface area contributed by atoms with Crippen LogP contribution in [0.4, 0.5) is 0 Å². The Kier molecular flexibility index (Phi) is 4.41. The Morgan fingerprint density at radius 1 is 0.682 bits per heavy atom. The Morgan fingerprint density at radius 3 is 2.05 bits per heavy atom. The van der Waals surface area contributed by atoms with E-state index >= 15 is 0 Å². The average Bonchev–Trinajstić information content (AvgIpc) is 2.55. The van der Waals surface area contributed by atoms with Crippen molar-refractivity contribution in [3.63, 3.8) is 0 Å². The Balaban J connectivity index is 1.86. The Morgan fingerprint density at radius 2 is 1.32 bits per heavy atom. The van der Waals surface area contributed by atoms with Crippen LogP contribution in [0.1, 0.15) is 5.56 Å². The summed E-state index contributed by atoms with van der Waals surface area (Å²) in [6, 6.07) is 23.0. The first-order chi connectivity index (χ1) is 10.7. The van der Waals surface area contributed by atoms with Gasteiger partial charge in [0.2, 0.25) is 0 Å². The van der Waals surface area contributed by atoms with Crippen LogP contribution in [0, 0.1) is 0 Å². The van der Waals surface area contributed by atoms with Gasteiger partial charge in [0.1, 0.15) is 11.5 Å². The molecular formula is C19H17O2P. The second-order valence-electron chi connectivity index (χ2n) is 5.08. The number of para-hydroxylation sites is 1. The molecule has 0 fully saturated rings. The van der Waals surface area contributed by atoms with Crippen molar-refractivity contribution in [2.45, 2.75) is 6.16 Å². The molecule has 3 rings (SSSR count). The zero-order valence-corrected chi connectivity index (χ0v) is 13.0. The van der Waals surface area contributed by atoms with Crippen LogP contribution in [-0.4, -0.2) is 10.2 Å². The van der Waals surface area contributed by atoms with Crippen molar-refractivity contribution in [2.24, 2.45) is 0 Å². The molecule has 0 aliphatic carbocycles. The smallest absolute Gasteiger partial charge is 0.123 e. The van der Waals surface area contributed by atoms with E-state index < -0.39 is 0 Å². The normalized spacial score (nSPS) is 11.1. The summed E-state index contributed by atoms with van der Waals surface area (Å²) in [4.78, 5) is 0. The van der Waals surface area contributed by atoms with Gasteiger partial charge in [-0.1, -0.05) is 63.2 Å². The molecule has 1 unspecified atom stereocenters. The van der Waals surface area contributed by atoms with E-state index in [4.69, 9.17) is 0 Å². The predicted molar refractivity (Wildman–Crippen MR) is 93.3 cm³/mol. The lowest BCUT2D eigenvalue weighted by molar-refractivity contribution is 0.475. The Labute approximate surface area is 131 Å². The first-order valence-electron chi connectivity index (χ1n) is 7.13. The lowest BCUT2D eigenvalue weighted by Gasteiger charge is -2.11. The summed E-state index contributed by atoms with van der Waals surface area (Å²) < 4.78 is 0. The summed E-state index contributed by atoms with van der Waals surface area (Å²) in [5, 5.41) is 20.7. The highest BCUT2D eigenvalue weighted by Gasteiger charge is 2.08. The van der Waals surface area contributed by atoms with Crippen LogP contribution in [0.25, 0.3) is 11.1 Å². The molecule has 0 bridgehead atoms. The van der Waals surface area contributed by atoms with Crippen LogP contribution in [0.3, 0.4) is 0 Å². The Bertz CT molecular complexity index is 766. The minimum atomic E-state index is 0.293. The molecule has 3 aromatic rings. The van der Waals surface area contributed by atoms with Crippen molar-refractivity contribution in [1.82, 2.24) is 0 Å². The molecule has 3 aromatic carbocycles. The third-order valence-electron chi connectivity index (χ3n) is 3.54. The number of phenols is 2. The van der Waals surface area contributed by atoms with Gasteiger partial charge in [-0.3, -0.25) is 0 Å². The number of hydrogen-bond donors (Lipinski definition) is 2. The Hall–Kier alpha value is -2.31. The molecule has 22 heavy (non-hydrogen) atoms. The quantitative estimate of drug-likeness (QED) is 0.707. The molecule has 0 radical (unpaired) electrons. The van der Waals surface area contributed by atoms with Gasteiger partial charge in [-0.25, -0.2) is 0 Å². The van der Waals surface area contributed by atoms with E-state index in [1.165, 1.54) is 10.9 Å². The summed E-state index contributed by atoms with van der Waals surface area (Å²) in [5.74, 6) is 0.603. The molecule has 2 nitrogen and oxygen atoms in total. The summed E-state index contributed by atoms with van der Waals surface area (Å²) >= 11 is 0. The van der Waals surface area contributed by atoms with Crippen molar-refractivity contribution in [3.05, 3.63) is 78.4 Å². The highest BCUT2D eigenvalue weighted by atomic mass is 31.1. The molecule has 2 N–H and O–H groups in total. The van der Waals surface area contributed by atoms with Gasteiger partial charge in [0.25, 0.3) is 0 Å². The van der Waals surface area contributed by atoms with E-state index in [1.807, 2.05) is 48.5 Å². The zero-order chi connectivity index (χ0) is 15.4. The molecule has 0 spiro atoms. The number of aromatic hydroxyl groups is 2. The lowest BCUT2D eigenvalue weighted by atomic mass is 10.0. The maximum atomic E-state index is 10.1. The lowest BCUT2D eigenvalue weighted by Crippen LogP contribution is -2.00. The second kappa shape index (κ2) is 6.64. The van der Waals surface area contributed by atoms with Gasteiger partial charge in [-0.2, -0.15) is 0 Å². The maximum absolute atomic E-state index is 10.1. The second-order valence-corrected chi connectivity index (χ2v) is 6.33. The van der Waals surface area contributed by atoms with Crippen LogP contribution in [0.2, 0.25) is 0 Å². The molecule has 3 heteroatoms. The summed E-state index contributed by atoms with van der Waals surface area (Å²) in [5.41, 5.74) is 3.15. The van der Waals surface area contributed by atoms with Crippen molar-refractivity contribution in [3.8, 4) is 22.6 Å². The highest BCUT2D eigenvalue weighted by Crippen LogP contribution is 2.31. The van der Waals surface area contributed by atoms with Gasteiger partial charge < -0.3 is 10.2 Å². The third kappa shape index (κ3) is 3.29. The standard InChI is InChI=1S/C19H17O2P/c20-15-11-9-14(10-12-15)13-22-19-8-4-2-6-17(19)16-5-1-3-7-18(16)21/h1-12,20-22H,13H2. The molecule has 0 saturated carbocycles. The first kappa shape index (κ1) is 14.6. The molecule has 0 heterocycles. The van der Waals surface area contributed by atoms with Gasteiger partial charge in [-0.05, 0) is 40.8 Å². The summed E-state index contributed by atoms with van der Waals surface area (Å²) in [6.07, 6.45) is 0.922. The minimum absolute atomic E-state index is 0.293. The molecule has 0 aliphatic heterocycles. The van der Waals surface area contributed by atoms with Crippen LogP contribution in [0.5, 0.6) is 11.5 Å². The number of hydrogen-bond acceptors (Lipinski definition) is 2. The fourth-order valence-electron chi connectivity index (χ4n) is 2.38. The number of benzene rings is 3. The third-order valence-corrected chi connectivity index (χ3v) is 4.94. The number of phenolic OH excluding ortho intramolecular Hbond substituents is 2. The van der Waals surface area contributed by atoms with Crippen LogP contribution < -0.4 is 5.30 Å². The minimum Gasteiger partial charge on any atom is -0.508 e. The van der Waals surface area contributed by atoms with Gasteiger partial charge in [-0.15, -0.1) is 0 Å². The van der Waals surface area contributed by atoms with Crippen molar-refractivity contribution in [2.75, 3.05) is 0 Å². The van der Waals surface area contributed by atoms with Crippen molar-refractivity contribution in [1.29, 1.82) is 0 Å². The summed E-state index contributed by atoms with van der Waals surface area (Å²) in [6.45, 7) is 0.